The van der Waals surface area contributed by atoms with E-state index in [0.29, 0.717) is 12.1 Å². The van der Waals surface area contributed by atoms with Crippen LogP contribution < -0.4 is 4.90 Å². The number of anilines is 2. The van der Waals surface area contributed by atoms with Gasteiger partial charge in [-0.15, -0.1) is 0 Å². The summed E-state index contributed by atoms with van der Waals surface area (Å²) in [7, 11) is 0.827. The maximum atomic E-state index is 13.2. The van der Waals surface area contributed by atoms with E-state index in [1.807, 2.05) is 43.4 Å². The van der Waals surface area contributed by atoms with E-state index in [-0.39, 0.29) is 11.5 Å². The Labute approximate surface area is 186 Å². The lowest BCUT2D eigenvalue weighted by Gasteiger charge is -2.35. The van der Waals surface area contributed by atoms with Crippen molar-refractivity contribution < 1.29 is 14.4 Å². The number of phenols is 2. The van der Waals surface area contributed by atoms with Gasteiger partial charge in [-0.1, -0.05) is 18.2 Å². The topological polar surface area (TPSA) is 64.0 Å². The molecule has 0 saturated carbocycles. The Bertz CT molecular complexity index is 1150. The first kappa shape index (κ1) is 21.4. The molecule has 1 aliphatic heterocycles. The summed E-state index contributed by atoms with van der Waals surface area (Å²) < 4.78 is 13.2. The van der Waals surface area contributed by atoms with Crippen LogP contribution in [-0.2, 0) is 17.3 Å². The number of hydrogen-bond acceptors (Lipinski definition) is 5. The quantitative estimate of drug-likeness (QED) is 0.541. The van der Waals surface area contributed by atoms with Crippen molar-refractivity contribution in [2.45, 2.75) is 36.6 Å². The molecule has 5 nitrogen and oxygen atoms in total. The van der Waals surface area contributed by atoms with E-state index in [0.717, 1.165) is 40.7 Å². The van der Waals surface area contributed by atoms with Gasteiger partial charge in [-0.2, -0.15) is 0 Å². The van der Waals surface area contributed by atoms with Crippen molar-refractivity contribution in [3.8, 4) is 11.5 Å². The highest BCUT2D eigenvalue weighted by molar-refractivity contribution is 7.85. The Balaban J connectivity index is 1.53. The zero-order valence-electron chi connectivity index (χ0n) is 18.1. The van der Waals surface area contributed by atoms with E-state index in [2.05, 4.69) is 23.6 Å². The number of nitrogens with zero attached hydrogens (tertiary/aromatic N) is 2. The molecule has 0 fully saturated rings. The number of phenolic OH excluding ortho intramolecular Hbond substituents is 2. The Kier molecular flexibility index (Phi) is 6.03. The smallest absolute Gasteiger partial charge is 0.120 e. The van der Waals surface area contributed by atoms with Crippen LogP contribution in [0.2, 0.25) is 0 Å². The van der Waals surface area contributed by atoms with E-state index in [4.69, 9.17) is 0 Å². The number of benzene rings is 3. The van der Waals surface area contributed by atoms with E-state index in [1.165, 1.54) is 23.3 Å². The van der Waals surface area contributed by atoms with E-state index >= 15 is 0 Å². The van der Waals surface area contributed by atoms with Crippen LogP contribution in [0.4, 0.5) is 11.4 Å². The minimum absolute atomic E-state index is 0.154. The largest absolute Gasteiger partial charge is 0.508 e. The fourth-order valence-electron chi connectivity index (χ4n) is 4.14. The van der Waals surface area contributed by atoms with Crippen LogP contribution in [0.5, 0.6) is 11.5 Å². The van der Waals surface area contributed by atoms with Crippen LogP contribution in [0, 0.1) is 13.8 Å². The molecule has 1 aliphatic rings. The summed E-state index contributed by atoms with van der Waals surface area (Å²) in [4.78, 5) is 6.16. The number of para-hydroxylation sites is 1. The highest BCUT2D eigenvalue weighted by atomic mass is 32.2. The van der Waals surface area contributed by atoms with Gasteiger partial charge in [-0.05, 0) is 81.4 Å². The molecular weight excluding hydrogens is 408 g/mol. The molecule has 4 rings (SSSR count). The third-order valence-electron chi connectivity index (χ3n) is 5.92. The second kappa shape index (κ2) is 8.73. The third-order valence-corrected chi connectivity index (χ3v) is 7.39. The van der Waals surface area contributed by atoms with Gasteiger partial charge in [0, 0.05) is 18.7 Å². The van der Waals surface area contributed by atoms with Crippen molar-refractivity contribution in [1.29, 1.82) is 0 Å². The highest BCUT2D eigenvalue weighted by Crippen LogP contribution is 2.44. The number of hydrogen-bond donors (Lipinski definition) is 2. The van der Waals surface area contributed by atoms with E-state index in [9.17, 15) is 14.4 Å². The maximum Gasteiger partial charge on any atom is 0.120 e. The second-order valence-electron chi connectivity index (χ2n) is 8.15. The summed E-state index contributed by atoms with van der Waals surface area (Å²) in [6.07, 6.45) is 0.893. The van der Waals surface area contributed by atoms with Crippen molar-refractivity contribution in [3.05, 3.63) is 71.3 Å². The molecule has 1 unspecified atom stereocenters. The Morgan fingerprint density at radius 2 is 1.77 bits per heavy atom. The minimum Gasteiger partial charge on any atom is -0.508 e. The van der Waals surface area contributed by atoms with Gasteiger partial charge in [-0.3, -0.25) is 0 Å². The molecule has 0 spiro atoms. The van der Waals surface area contributed by atoms with Gasteiger partial charge in [0.25, 0.3) is 0 Å². The lowest BCUT2D eigenvalue weighted by atomic mass is 10.1. The number of aromatic hydroxyl groups is 2. The minimum atomic E-state index is -1.18. The summed E-state index contributed by atoms with van der Waals surface area (Å²) in [5.41, 5.74) is 5.13. The first-order valence-corrected chi connectivity index (χ1v) is 11.6. The molecule has 162 valence electrons. The SMILES string of the molecule is Cc1ccc2c(c1C)N(CCCN(C)Cc1cc(O)ccc1O)c1ccccc1S2=O. The van der Waals surface area contributed by atoms with Crippen molar-refractivity contribution in [2.75, 3.05) is 25.0 Å². The molecule has 0 aliphatic carbocycles. The van der Waals surface area contributed by atoms with Crippen molar-refractivity contribution in [2.24, 2.45) is 0 Å². The van der Waals surface area contributed by atoms with Gasteiger partial charge in [0.2, 0.25) is 0 Å². The Hall–Kier alpha value is -2.83. The molecule has 3 aromatic carbocycles. The van der Waals surface area contributed by atoms with Crippen LogP contribution in [0.25, 0.3) is 0 Å². The van der Waals surface area contributed by atoms with Crippen LogP contribution in [0.3, 0.4) is 0 Å². The van der Waals surface area contributed by atoms with Gasteiger partial charge >= 0.3 is 0 Å². The van der Waals surface area contributed by atoms with Crippen LogP contribution in [0.1, 0.15) is 23.1 Å². The van der Waals surface area contributed by atoms with Gasteiger partial charge in [0.15, 0.2) is 0 Å². The Morgan fingerprint density at radius 3 is 2.58 bits per heavy atom. The number of fused-ring (bicyclic) bond motifs is 2. The standard InChI is InChI=1S/C25H28N2O3S/c1-17-9-12-24-25(18(17)2)27(21-7-4-5-8-23(21)31(24)30)14-6-13-26(3)16-19-15-20(28)10-11-22(19)29/h4-5,7-12,15,28-29H,6,13-14,16H2,1-3H3. The molecule has 0 saturated heterocycles. The molecule has 0 amide bonds. The molecule has 31 heavy (non-hydrogen) atoms. The lowest BCUT2D eigenvalue weighted by molar-refractivity contribution is 0.316. The summed E-state index contributed by atoms with van der Waals surface area (Å²) in [5.74, 6) is 0.346. The average Bonchev–Trinajstić information content (AvgIpc) is 2.75. The first-order chi connectivity index (χ1) is 14.9. The predicted octanol–water partition coefficient (Wildman–Crippen LogP) is 4.85. The summed E-state index contributed by atoms with van der Waals surface area (Å²) >= 11 is 0. The van der Waals surface area contributed by atoms with Crippen LogP contribution in [0.15, 0.2) is 64.4 Å². The monoisotopic (exact) mass is 436 g/mol. The van der Waals surface area contributed by atoms with Crippen LogP contribution >= 0.6 is 0 Å². The van der Waals surface area contributed by atoms with E-state index in [1.54, 1.807) is 6.07 Å². The van der Waals surface area contributed by atoms with Gasteiger partial charge in [0.1, 0.15) is 11.5 Å². The molecule has 2 N–H and O–H groups in total. The van der Waals surface area contributed by atoms with Crippen molar-refractivity contribution in [1.82, 2.24) is 4.90 Å². The van der Waals surface area contributed by atoms with Crippen molar-refractivity contribution in [3.63, 3.8) is 0 Å². The highest BCUT2D eigenvalue weighted by Gasteiger charge is 2.29. The molecule has 1 heterocycles. The summed E-state index contributed by atoms with van der Waals surface area (Å²) in [5, 5.41) is 19.7. The van der Waals surface area contributed by atoms with Gasteiger partial charge in [-0.25, -0.2) is 4.21 Å². The molecule has 6 heteroatoms. The molecule has 0 radical (unpaired) electrons. The zero-order valence-corrected chi connectivity index (χ0v) is 18.9. The molecular formula is C25H28N2O3S. The maximum absolute atomic E-state index is 13.2. The van der Waals surface area contributed by atoms with E-state index < -0.39 is 10.8 Å². The Morgan fingerprint density at radius 1 is 1.00 bits per heavy atom. The number of aryl methyl sites for hydroxylation is 1. The summed E-state index contributed by atoms with van der Waals surface area (Å²) in [6, 6.07) is 16.6. The first-order valence-electron chi connectivity index (χ1n) is 10.4. The fraction of sp³-hybridized carbons (Fsp3) is 0.280. The molecule has 0 bridgehead atoms. The van der Waals surface area contributed by atoms with Crippen LogP contribution in [-0.4, -0.2) is 39.5 Å². The molecule has 1 atom stereocenters. The van der Waals surface area contributed by atoms with Crippen molar-refractivity contribution >= 4 is 22.2 Å². The third kappa shape index (κ3) is 4.18. The van der Waals surface area contributed by atoms with Gasteiger partial charge in [0.05, 0.1) is 32.0 Å². The normalized spacial score (nSPS) is 15.1. The molecule has 3 aromatic rings. The molecule has 0 aromatic heterocycles. The predicted molar refractivity (Wildman–Crippen MR) is 125 cm³/mol. The second-order valence-corrected chi connectivity index (χ2v) is 9.56. The fourth-order valence-corrected chi connectivity index (χ4v) is 5.57. The summed E-state index contributed by atoms with van der Waals surface area (Å²) in [6.45, 7) is 6.35. The lowest BCUT2D eigenvalue weighted by Crippen LogP contribution is -2.29. The average molecular weight is 437 g/mol. The zero-order chi connectivity index (χ0) is 22.1. The number of rotatable bonds is 6. The van der Waals surface area contributed by atoms with Gasteiger partial charge < -0.3 is 20.0 Å².